The van der Waals surface area contributed by atoms with Gasteiger partial charge < -0.3 is 4.74 Å². The Morgan fingerprint density at radius 2 is 1.41 bits per heavy atom. The van der Waals surface area contributed by atoms with E-state index in [2.05, 4.69) is 71.4 Å². The van der Waals surface area contributed by atoms with Gasteiger partial charge in [0.2, 0.25) is 0 Å². The number of hydrogen-bond donors (Lipinski definition) is 0. The predicted molar refractivity (Wildman–Crippen MR) is 136 cm³/mol. The van der Waals surface area contributed by atoms with Gasteiger partial charge in [0.05, 0.1) is 5.69 Å². The third-order valence-corrected chi connectivity index (χ3v) is 6.42. The first kappa shape index (κ1) is 20.5. The largest absolute Gasteiger partial charge is 0.456 e. The van der Waals surface area contributed by atoms with Crippen LogP contribution in [0.1, 0.15) is 28.2 Å². The number of ether oxygens (including phenoxy) is 1. The summed E-state index contributed by atoms with van der Waals surface area (Å²) in [6.45, 7) is 2.16. The van der Waals surface area contributed by atoms with Crippen molar-refractivity contribution in [1.29, 1.82) is 0 Å². The first-order valence-electron chi connectivity index (χ1n) is 10.6. The second kappa shape index (κ2) is 8.97. The average Bonchev–Trinajstić information content (AvgIpc) is 2.84. The molecule has 0 bridgehead atoms. The Labute approximate surface area is 197 Å². The van der Waals surface area contributed by atoms with E-state index in [-0.39, 0.29) is 5.92 Å². The topological polar surface area (TPSA) is 21.6 Å². The molecule has 1 heterocycles. The van der Waals surface area contributed by atoms with Crippen molar-refractivity contribution in [2.24, 2.45) is 4.99 Å². The summed E-state index contributed by atoms with van der Waals surface area (Å²) in [5.41, 5.74) is 6.61. The fraction of sp³-hybridized carbons (Fsp3) is 0.0690. The van der Waals surface area contributed by atoms with Crippen LogP contribution in [0.15, 0.2) is 118 Å². The SMILES string of the molecule is Cc1ccccc1[C@H]1C(C=Nc2ccccc2Br)=C(c2ccccc2)Oc2ccccc21. The molecular formula is C29H22BrNO. The molecule has 5 rings (SSSR count). The van der Waals surface area contributed by atoms with Gasteiger partial charge in [0, 0.05) is 33.3 Å². The summed E-state index contributed by atoms with van der Waals surface area (Å²) in [4.78, 5) is 4.87. The number of rotatable bonds is 4. The fourth-order valence-corrected chi connectivity index (χ4v) is 4.56. The fourth-order valence-electron chi connectivity index (χ4n) is 4.17. The van der Waals surface area contributed by atoms with Gasteiger partial charge in [0.15, 0.2) is 0 Å². The van der Waals surface area contributed by atoms with Crippen molar-refractivity contribution in [3.05, 3.63) is 135 Å². The van der Waals surface area contributed by atoms with E-state index in [0.29, 0.717) is 0 Å². The van der Waals surface area contributed by atoms with Crippen LogP contribution in [0.25, 0.3) is 5.76 Å². The van der Waals surface area contributed by atoms with Gasteiger partial charge in [-0.25, -0.2) is 0 Å². The molecule has 0 amide bonds. The molecule has 0 saturated carbocycles. The first-order valence-corrected chi connectivity index (χ1v) is 11.4. The van der Waals surface area contributed by atoms with Crippen LogP contribution >= 0.6 is 15.9 Å². The Morgan fingerprint density at radius 3 is 2.19 bits per heavy atom. The molecule has 0 N–H and O–H groups in total. The maximum absolute atomic E-state index is 6.52. The summed E-state index contributed by atoms with van der Waals surface area (Å²) in [5, 5.41) is 0. The lowest BCUT2D eigenvalue weighted by atomic mass is 9.80. The van der Waals surface area contributed by atoms with E-state index >= 15 is 0 Å². The number of aliphatic imine (C=N–C) groups is 1. The Bertz CT molecular complexity index is 1320. The highest BCUT2D eigenvalue weighted by Crippen LogP contribution is 2.46. The smallest absolute Gasteiger partial charge is 0.140 e. The highest BCUT2D eigenvalue weighted by atomic mass is 79.9. The minimum atomic E-state index is 0.0163. The molecule has 0 aromatic heterocycles. The number of nitrogens with zero attached hydrogens (tertiary/aromatic N) is 1. The number of allylic oxidation sites excluding steroid dienone is 1. The van der Waals surface area contributed by atoms with Crippen LogP contribution in [0.4, 0.5) is 5.69 Å². The lowest BCUT2D eigenvalue weighted by molar-refractivity contribution is 0.489. The molecule has 1 atom stereocenters. The monoisotopic (exact) mass is 479 g/mol. The van der Waals surface area contributed by atoms with Gasteiger partial charge in [0.1, 0.15) is 11.5 Å². The summed E-state index contributed by atoms with van der Waals surface area (Å²) >= 11 is 3.62. The first-order chi connectivity index (χ1) is 15.7. The number of para-hydroxylation sites is 2. The van der Waals surface area contributed by atoms with E-state index < -0.39 is 0 Å². The van der Waals surface area contributed by atoms with Crippen molar-refractivity contribution in [2.75, 3.05) is 0 Å². The lowest BCUT2D eigenvalue weighted by Crippen LogP contribution is -2.18. The second-order valence-corrected chi connectivity index (χ2v) is 8.64. The van der Waals surface area contributed by atoms with Crippen LogP contribution in [0.5, 0.6) is 5.75 Å². The molecule has 0 fully saturated rings. The van der Waals surface area contributed by atoms with Gasteiger partial charge in [0.25, 0.3) is 0 Å². The van der Waals surface area contributed by atoms with E-state index in [9.17, 15) is 0 Å². The van der Waals surface area contributed by atoms with Crippen LogP contribution < -0.4 is 4.74 Å². The van der Waals surface area contributed by atoms with Crippen molar-refractivity contribution < 1.29 is 4.74 Å². The van der Waals surface area contributed by atoms with Crippen LogP contribution in [-0.4, -0.2) is 6.21 Å². The third-order valence-electron chi connectivity index (χ3n) is 5.75. The molecule has 1 aliphatic heterocycles. The molecule has 156 valence electrons. The van der Waals surface area contributed by atoms with Crippen molar-refractivity contribution >= 4 is 33.6 Å². The maximum atomic E-state index is 6.52. The molecule has 2 nitrogen and oxygen atoms in total. The molecule has 0 radical (unpaired) electrons. The minimum Gasteiger partial charge on any atom is -0.456 e. The van der Waals surface area contributed by atoms with Crippen LogP contribution in [0, 0.1) is 6.92 Å². The highest BCUT2D eigenvalue weighted by molar-refractivity contribution is 9.10. The molecule has 4 aromatic rings. The van der Waals surface area contributed by atoms with Gasteiger partial charge in [-0.1, -0.05) is 84.9 Å². The molecule has 0 aliphatic carbocycles. The second-order valence-electron chi connectivity index (χ2n) is 7.79. The van der Waals surface area contributed by atoms with Crippen LogP contribution in [0.3, 0.4) is 0 Å². The molecule has 1 aliphatic rings. The summed E-state index contributed by atoms with van der Waals surface area (Å²) in [5.74, 6) is 1.74. The van der Waals surface area contributed by atoms with E-state index in [1.807, 2.05) is 60.8 Å². The van der Waals surface area contributed by atoms with Crippen LogP contribution in [0.2, 0.25) is 0 Å². The summed E-state index contributed by atoms with van der Waals surface area (Å²) in [6, 6.07) is 35.1. The normalized spacial score (nSPS) is 15.5. The number of aryl methyl sites for hydroxylation is 1. The average molecular weight is 480 g/mol. The third kappa shape index (κ3) is 3.92. The Hall–Kier alpha value is -3.43. The zero-order valence-electron chi connectivity index (χ0n) is 17.7. The molecule has 4 aromatic carbocycles. The molecular weight excluding hydrogens is 458 g/mol. The van der Waals surface area contributed by atoms with E-state index in [4.69, 9.17) is 9.73 Å². The molecule has 3 heteroatoms. The Balaban J connectivity index is 1.76. The van der Waals surface area contributed by atoms with Crippen molar-refractivity contribution in [3.8, 4) is 5.75 Å². The van der Waals surface area contributed by atoms with Gasteiger partial charge in [-0.15, -0.1) is 0 Å². The number of fused-ring (bicyclic) bond motifs is 1. The maximum Gasteiger partial charge on any atom is 0.140 e. The standard InChI is InChI=1S/C29H22BrNO/c1-20-11-5-6-14-22(20)28-23-15-7-10-18-27(23)32-29(21-12-3-2-4-13-21)24(28)19-31-26-17-9-8-16-25(26)30/h2-19,28H,1H3/t28-/m1/s1. The predicted octanol–water partition coefficient (Wildman–Crippen LogP) is 8.10. The summed E-state index contributed by atoms with van der Waals surface area (Å²) < 4.78 is 7.48. The minimum absolute atomic E-state index is 0.0163. The molecule has 0 saturated heterocycles. The summed E-state index contributed by atoms with van der Waals surface area (Å²) in [6.07, 6.45) is 1.97. The van der Waals surface area contributed by atoms with Crippen LogP contribution in [-0.2, 0) is 0 Å². The molecule has 0 spiro atoms. The number of halogens is 1. The zero-order valence-corrected chi connectivity index (χ0v) is 19.3. The van der Waals surface area contributed by atoms with Gasteiger partial charge in [-0.2, -0.15) is 0 Å². The Kier molecular flexibility index (Phi) is 5.74. The van der Waals surface area contributed by atoms with E-state index in [1.54, 1.807) is 0 Å². The summed E-state index contributed by atoms with van der Waals surface area (Å²) in [7, 11) is 0. The Morgan fingerprint density at radius 1 is 0.750 bits per heavy atom. The van der Waals surface area contributed by atoms with Crippen molar-refractivity contribution in [3.63, 3.8) is 0 Å². The number of benzene rings is 4. The van der Waals surface area contributed by atoms with Gasteiger partial charge in [-0.3, -0.25) is 4.99 Å². The quantitative estimate of drug-likeness (QED) is 0.271. The highest BCUT2D eigenvalue weighted by Gasteiger charge is 2.31. The van der Waals surface area contributed by atoms with Crippen molar-refractivity contribution in [1.82, 2.24) is 0 Å². The van der Waals surface area contributed by atoms with Crippen molar-refractivity contribution in [2.45, 2.75) is 12.8 Å². The number of hydrogen-bond acceptors (Lipinski definition) is 2. The zero-order chi connectivity index (χ0) is 21.9. The molecule has 0 unspecified atom stereocenters. The molecule has 32 heavy (non-hydrogen) atoms. The van der Waals surface area contributed by atoms with E-state index in [0.717, 1.165) is 38.4 Å². The van der Waals surface area contributed by atoms with Gasteiger partial charge >= 0.3 is 0 Å². The lowest BCUT2D eigenvalue weighted by Gasteiger charge is -2.30. The van der Waals surface area contributed by atoms with Gasteiger partial charge in [-0.05, 0) is 52.2 Å². The van der Waals surface area contributed by atoms with E-state index in [1.165, 1.54) is 11.1 Å².